The van der Waals surface area contributed by atoms with Crippen LogP contribution in [0.3, 0.4) is 0 Å². The highest BCUT2D eigenvalue weighted by Crippen LogP contribution is 2.47. The zero-order valence-electron chi connectivity index (χ0n) is 12.5. The molecule has 0 saturated carbocycles. The molecule has 4 nitrogen and oxygen atoms in total. The monoisotopic (exact) mass is 317 g/mol. The highest BCUT2D eigenvalue weighted by molar-refractivity contribution is 7.10. The Morgan fingerprint density at radius 1 is 1.32 bits per heavy atom. The Morgan fingerprint density at radius 3 is 2.59 bits per heavy atom. The lowest BCUT2D eigenvalue weighted by Crippen LogP contribution is -2.40. The average Bonchev–Trinajstić information content (AvgIpc) is 3.15. The first-order valence-electron chi connectivity index (χ1n) is 7.07. The van der Waals surface area contributed by atoms with Gasteiger partial charge >= 0.3 is 0 Å². The summed E-state index contributed by atoms with van der Waals surface area (Å²) in [5.74, 6) is 1.22. The molecule has 22 heavy (non-hydrogen) atoms. The molecule has 1 aromatic carbocycles. The quantitative estimate of drug-likeness (QED) is 0.851. The highest BCUT2D eigenvalue weighted by atomic mass is 32.1. The number of aliphatic hydroxyl groups excluding tert-OH is 1. The summed E-state index contributed by atoms with van der Waals surface area (Å²) in [5.41, 5.74) is 6.06. The van der Waals surface area contributed by atoms with Gasteiger partial charge in [-0.1, -0.05) is 6.07 Å². The first-order valence-corrected chi connectivity index (χ1v) is 7.95. The van der Waals surface area contributed by atoms with Gasteiger partial charge in [-0.2, -0.15) is 0 Å². The van der Waals surface area contributed by atoms with E-state index in [1.165, 1.54) is 0 Å². The molecule has 1 aliphatic heterocycles. The summed E-state index contributed by atoms with van der Waals surface area (Å²) in [6, 6.07) is 11.6. The molecule has 3 atom stereocenters. The zero-order valence-corrected chi connectivity index (χ0v) is 13.3. The molecular weight excluding hydrogens is 298 g/mol. The zero-order chi connectivity index (χ0) is 15.7. The average molecular weight is 317 g/mol. The van der Waals surface area contributed by atoms with E-state index in [0.29, 0.717) is 0 Å². The van der Waals surface area contributed by atoms with Crippen LogP contribution in [-0.2, 0) is 10.3 Å². The molecule has 3 rings (SSSR count). The normalized spacial score (nSPS) is 25.5. The molecule has 2 aromatic rings. The standard InChI is InChI=1S/C17H19NO3S/c1-17(15-4-3-9-22-15)13(16(18)19)10-14(21-17)11-5-7-12(20-2)8-6-11/h3-10,13,16,19H,18H2,1-2H3. The van der Waals surface area contributed by atoms with Crippen molar-refractivity contribution in [3.05, 3.63) is 58.3 Å². The predicted octanol–water partition coefficient (Wildman–Crippen LogP) is 2.94. The summed E-state index contributed by atoms with van der Waals surface area (Å²) in [7, 11) is 1.63. The molecular formula is C17H19NO3S. The molecule has 2 heterocycles. The second kappa shape index (κ2) is 5.76. The van der Waals surface area contributed by atoms with Gasteiger partial charge in [0.15, 0.2) is 5.60 Å². The van der Waals surface area contributed by atoms with Crippen LogP contribution in [0, 0.1) is 5.92 Å². The van der Waals surface area contributed by atoms with Crippen molar-refractivity contribution in [2.75, 3.05) is 7.11 Å². The van der Waals surface area contributed by atoms with Gasteiger partial charge in [0.05, 0.1) is 13.0 Å². The largest absolute Gasteiger partial charge is 0.497 e. The molecule has 0 aliphatic carbocycles. The van der Waals surface area contributed by atoms with Crippen molar-refractivity contribution >= 4 is 17.1 Å². The maximum absolute atomic E-state index is 9.97. The molecule has 1 aliphatic rings. The Hall–Kier alpha value is -1.82. The Labute approximate surface area is 133 Å². The summed E-state index contributed by atoms with van der Waals surface area (Å²) in [6.45, 7) is 1.96. The number of hydrogen-bond acceptors (Lipinski definition) is 5. The minimum Gasteiger partial charge on any atom is -0.497 e. The summed E-state index contributed by atoms with van der Waals surface area (Å²) < 4.78 is 11.4. The van der Waals surface area contributed by atoms with Crippen molar-refractivity contribution in [3.63, 3.8) is 0 Å². The first kappa shape index (κ1) is 15.1. The molecule has 0 fully saturated rings. The minimum absolute atomic E-state index is 0.303. The highest BCUT2D eigenvalue weighted by Gasteiger charge is 2.46. The summed E-state index contributed by atoms with van der Waals surface area (Å²) in [5, 5.41) is 12.0. The maximum Gasteiger partial charge on any atom is 0.150 e. The molecule has 0 saturated heterocycles. The van der Waals surface area contributed by atoms with Crippen LogP contribution in [-0.4, -0.2) is 18.4 Å². The number of nitrogens with two attached hydrogens (primary N) is 1. The van der Waals surface area contributed by atoms with Crippen molar-refractivity contribution in [2.24, 2.45) is 11.7 Å². The lowest BCUT2D eigenvalue weighted by Gasteiger charge is -2.31. The van der Waals surface area contributed by atoms with E-state index in [1.54, 1.807) is 18.4 Å². The van der Waals surface area contributed by atoms with Crippen molar-refractivity contribution in [2.45, 2.75) is 18.8 Å². The molecule has 0 radical (unpaired) electrons. The topological polar surface area (TPSA) is 64.7 Å². The number of aliphatic hydroxyl groups is 1. The maximum atomic E-state index is 9.97. The van der Waals surface area contributed by atoms with Gasteiger partial charge < -0.3 is 20.3 Å². The summed E-state index contributed by atoms with van der Waals surface area (Å²) >= 11 is 1.60. The molecule has 116 valence electrons. The van der Waals surface area contributed by atoms with Gasteiger partial charge in [0.2, 0.25) is 0 Å². The van der Waals surface area contributed by atoms with Crippen LogP contribution in [0.25, 0.3) is 5.76 Å². The van der Waals surface area contributed by atoms with Crippen molar-refractivity contribution < 1.29 is 14.6 Å². The second-order valence-corrected chi connectivity index (χ2v) is 6.41. The van der Waals surface area contributed by atoms with Gasteiger partial charge in [-0.25, -0.2) is 0 Å². The number of hydrogen-bond donors (Lipinski definition) is 2. The van der Waals surface area contributed by atoms with Crippen LogP contribution >= 0.6 is 11.3 Å². The molecule has 0 spiro atoms. The molecule has 1 aromatic heterocycles. The third-order valence-corrected chi connectivity index (χ3v) is 5.13. The van der Waals surface area contributed by atoms with E-state index in [-0.39, 0.29) is 5.92 Å². The van der Waals surface area contributed by atoms with E-state index >= 15 is 0 Å². The smallest absolute Gasteiger partial charge is 0.150 e. The summed E-state index contributed by atoms with van der Waals surface area (Å²) in [6.07, 6.45) is 0.925. The van der Waals surface area contributed by atoms with Gasteiger partial charge in [-0.15, -0.1) is 11.3 Å². The van der Waals surface area contributed by atoms with E-state index in [2.05, 4.69) is 0 Å². The van der Waals surface area contributed by atoms with E-state index in [0.717, 1.165) is 21.9 Å². The Bertz CT molecular complexity index is 664. The number of methoxy groups -OCH3 is 1. The van der Waals surface area contributed by atoms with E-state index < -0.39 is 11.8 Å². The number of rotatable bonds is 4. The molecule has 0 bridgehead atoms. The number of thiophene rings is 1. The van der Waals surface area contributed by atoms with E-state index in [9.17, 15) is 5.11 Å². The van der Waals surface area contributed by atoms with Crippen LogP contribution in [0.4, 0.5) is 0 Å². The van der Waals surface area contributed by atoms with Crippen molar-refractivity contribution in [3.8, 4) is 5.75 Å². The fourth-order valence-corrected chi connectivity index (χ4v) is 3.64. The van der Waals surface area contributed by atoms with E-state index in [4.69, 9.17) is 15.2 Å². The van der Waals surface area contributed by atoms with Crippen molar-refractivity contribution in [1.82, 2.24) is 0 Å². The van der Waals surface area contributed by atoms with Crippen molar-refractivity contribution in [1.29, 1.82) is 0 Å². The fraction of sp³-hybridized carbons (Fsp3) is 0.294. The van der Waals surface area contributed by atoms with Crippen LogP contribution in [0.2, 0.25) is 0 Å². The predicted molar refractivity (Wildman–Crippen MR) is 87.4 cm³/mol. The van der Waals surface area contributed by atoms with Gasteiger partial charge in [-0.3, -0.25) is 0 Å². The molecule has 5 heteroatoms. The lowest BCUT2D eigenvalue weighted by molar-refractivity contribution is -0.0155. The van der Waals surface area contributed by atoms with Gasteiger partial charge in [0.25, 0.3) is 0 Å². The molecule has 3 N–H and O–H groups in total. The van der Waals surface area contributed by atoms with E-state index in [1.807, 2.05) is 54.8 Å². The lowest BCUT2D eigenvalue weighted by atomic mass is 9.87. The van der Waals surface area contributed by atoms with Gasteiger partial charge in [0, 0.05) is 10.4 Å². The third kappa shape index (κ3) is 2.52. The van der Waals surface area contributed by atoms with Gasteiger partial charge in [-0.05, 0) is 48.7 Å². The molecule has 3 unspecified atom stereocenters. The van der Waals surface area contributed by atoms with Gasteiger partial charge in [0.1, 0.15) is 17.7 Å². The Balaban J connectivity index is 1.95. The van der Waals surface area contributed by atoms with Crippen LogP contribution in [0.1, 0.15) is 17.4 Å². The van der Waals surface area contributed by atoms with Crippen LogP contribution in [0.5, 0.6) is 5.75 Å². The Morgan fingerprint density at radius 2 is 2.05 bits per heavy atom. The number of ether oxygens (including phenoxy) is 2. The number of benzene rings is 1. The Kier molecular flexibility index (Phi) is 3.95. The van der Waals surface area contributed by atoms with Crippen LogP contribution < -0.4 is 10.5 Å². The SMILES string of the molecule is COc1ccc(C2=CC(C(N)O)C(C)(c3cccs3)O2)cc1. The molecule has 0 amide bonds. The fourth-order valence-electron chi connectivity index (χ4n) is 2.76. The van der Waals surface area contributed by atoms with Crippen LogP contribution in [0.15, 0.2) is 47.9 Å². The summed E-state index contributed by atoms with van der Waals surface area (Å²) in [4.78, 5) is 1.04. The minimum atomic E-state index is -0.983. The second-order valence-electron chi connectivity index (χ2n) is 5.46. The first-order chi connectivity index (χ1) is 10.5. The third-order valence-electron chi connectivity index (χ3n) is 4.04.